The van der Waals surface area contributed by atoms with E-state index in [2.05, 4.69) is 15.9 Å². The molecule has 0 radical (unpaired) electrons. The molecule has 1 N–H and O–H groups in total. The molecule has 160 valence electrons. The second-order valence-corrected chi connectivity index (χ2v) is 8.45. The van der Waals surface area contributed by atoms with Crippen molar-refractivity contribution in [1.29, 1.82) is 0 Å². The number of nitrogens with zero attached hydrogens (tertiary/aromatic N) is 2. The number of fused-ring (bicyclic) bond motifs is 1. The van der Waals surface area contributed by atoms with E-state index in [1.807, 2.05) is 18.2 Å². The molecule has 2 amide bonds. The topological polar surface area (TPSA) is 87.2 Å². The summed E-state index contributed by atoms with van der Waals surface area (Å²) in [5, 5.41) is 11.3. The van der Waals surface area contributed by atoms with E-state index in [0.717, 1.165) is 9.37 Å². The van der Waals surface area contributed by atoms with Crippen LogP contribution in [0.1, 0.15) is 22.0 Å². The molecule has 5 rings (SSSR count). The van der Waals surface area contributed by atoms with Crippen LogP contribution < -0.4 is 9.96 Å². The molecule has 0 saturated carbocycles. The van der Waals surface area contributed by atoms with Gasteiger partial charge in [0, 0.05) is 4.47 Å². The number of rotatable bonds is 4. The van der Waals surface area contributed by atoms with Crippen LogP contribution in [0.25, 0.3) is 0 Å². The Morgan fingerprint density at radius 3 is 2.19 bits per heavy atom. The monoisotopic (exact) mass is 492 g/mol. The van der Waals surface area contributed by atoms with Gasteiger partial charge in [-0.2, -0.15) is 0 Å². The molecule has 3 aromatic carbocycles. The maximum Gasteiger partial charge on any atom is 0.336 e. The first-order valence-electron chi connectivity index (χ1n) is 9.94. The summed E-state index contributed by atoms with van der Waals surface area (Å²) in [7, 11) is 0. The van der Waals surface area contributed by atoms with Crippen LogP contribution in [-0.2, 0) is 14.4 Å². The summed E-state index contributed by atoms with van der Waals surface area (Å²) in [5.74, 6) is -2.91. The molecule has 2 aliphatic heterocycles. The number of para-hydroxylation sites is 1. The predicted molar refractivity (Wildman–Crippen MR) is 120 cm³/mol. The van der Waals surface area contributed by atoms with Crippen LogP contribution in [0.5, 0.6) is 0 Å². The Hall–Kier alpha value is -3.49. The van der Waals surface area contributed by atoms with Crippen LogP contribution >= 0.6 is 15.9 Å². The predicted octanol–water partition coefficient (Wildman–Crippen LogP) is 4.20. The van der Waals surface area contributed by atoms with Gasteiger partial charge in [-0.3, -0.25) is 14.4 Å². The zero-order valence-corrected chi connectivity index (χ0v) is 18.2. The van der Waals surface area contributed by atoms with Gasteiger partial charge in [0.25, 0.3) is 5.91 Å². The number of carbonyl (C=O) groups excluding carboxylic acids is 2. The summed E-state index contributed by atoms with van der Waals surface area (Å²) < 4.78 is 0.820. The molecular weight excluding hydrogens is 476 g/mol. The molecule has 8 heteroatoms. The first-order valence-corrected chi connectivity index (χ1v) is 10.7. The molecule has 3 atom stereocenters. The van der Waals surface area contributed by atoms with Crippen LogP contribution in [0.15, 0.2) is 83.3 Å². The number of anilines is 2. The molecule has 3 aromatic rings. The number of aromatic carboxylic acids is 1. The van der Waals surface area contributed by atoms with Crippen molar-refractivity contribution in [2.24, 2.45) is 5.92 Å². The molecule has 0 aromatic heterocycles. The fourth-order valence-electron chi connectivity index (χ4n) is 4.32. The molecule has 2 heterocycles. The SMILES string of the molecule is O=C(O)c1ccccc1[C@H]1[C@@H]2C(=O)N(c3ccc(Br)cc3)C(=O)[C@@H]2ON1c1ccccc1. The second kappa shape index (κ2) is 7.89. The standard InChI is InChI=1S/C24H17BrN2O5/c25-14-10-12-15(13-11-14)26-22(28)19-20(17-8-4-5-9-18(17)24(30)31)27(32-21(19)23(26)29)16-6-2-1-3-7-16/h1-13,19-21H,(H,30,31)/t19-,20-,21+/m0/s1. The largest absolute Gasteiger partial charge is 0.478 e. The number of amides is 2. The van der Waals surface area contributed by atoms with E-state index in [4.69, 9.17) is 4.84 Å². The van der Waals surface area contributed by atoms with Gasteiger partial charge in [0.05, 0.1) is 23.0 Å². The molecular formula is C24H17BrN2O5. The fourth-order valence-corrected chi connectivity index (χ4v) is 4.59. The van der Waals surface area contributed by atoms with E-state index >= 15 is 0 Å². The van der Waals surface area contributed by atoms with E-state index in [-0.39, 0.29) is 5.56 Å². The van der Waals surface area contributed by atoms with Crippen molar-refractivity contribution in [3.05, 3.63) is 94.5 Å². The van der Waals surface area contributed by atoms with Gasteiger partial charge in [0.2, 0.25) is 5.91 Å². The van der Waals surface area contributed by atoms with Gasteiger partial charge in [0.15, 0.2) is 6.10 Å². The molecule has 0 aliphatic carbocycles. The Balaban J connectivity index is 1.63. The lowest BCUT2D eigenvalue weighted by Crippen LogP contribution is -2.37. The minimum Gasteiger partial charge on any atom is -0.478 e. The van der Waals surface area contributed by atoms with E-state index in [0.29, 0.717) is 16.9 Å². The Kier molecular flexibility index (Phi) is 5.03. The van der Waals surface area contributed by atoms with Crippen LogP contribution in [-0.4, -0.2) is 29.0 Å². The van der Waals surface area contributed by atoms with E-state index < -0.39 is 35.8 Å². The molecule has 2 fully saturated rings. The number of carbonyl (C=O) groups is 3. The average Bonchev–Trinajstić information content (AvgIpc) is 3.31. The third-order valence-electron chi connectivity index (χ3n) is 5.72. The maximum absolute atomic E-state index is 13.6. The van der Waals surface area contributed by atoms with Crippen molar-refractivity contribution >= 4 is 45.1 Å². The van der Waals surface area contributed by atoms with Gasteiger partial charge >= 0.3 is 5.97 Å². The van der Waals surface area contributed by atoms with Crippen molar-refractivity contribution in [2.45, 2.75) is 12.1 Å². The van der Waals surface area contributed by atoms with Gasteiger partial charge in [-0.1, -0.05) is 52.3 Å². The van der Waals surface area contributed by atoms with Crippen molar-refractivity contribution in [2.75, 3.05) is 9.96 Å². The van der Waals surface area contributed by atoms with Crippen LogP contribution in [0.4, 0.5) is 11.4 Å². The summed E-state index contributed by atoms with van der Waals surface area (Å²) in [6.07, 6.45) is -1.06. The Labute approximate surface area is 191 Å². The summed E-state index contributed by atoms with van der Waals surface area (Å²) in [5.41, 5.74) is 1.54. The van der Waals surface area contributed by atoms with Gasteiger partial charge in [-0.25, -0.2) is 14.8 Å². The van der Waals surface area contributed by atoms with E-state index in [9.17, 15) is 19.5 Å². The van der Waals surface area contributed by atoms with Gasteiger partial charge in [-0.15, -0.1) is 0 Å². The zero-order chi connectivity index (χ0) is 22.4. The first-order chi connectivity index (χ1) is 15.5. The van der Waals surface area contributed by atoms with Crippen LogP contribution in [0, 0.1) is 5.92 Å². The lowest BCUT2D eigenvalue weighted by atomic mass is 9.88. The number of carboxylic acid groups (broad SMARTS) is 1. The quantitative estimate of drug-likeness (QED) is 0.549. The van der Waals surface area contributed by atoms with Gasteiger partial charge < -0.3 is 5.11 Å². The van der Waals surface area contributed by atoms with Crippen molar-refractivity contribution in [3.8, 4) is 0 Å². The lowest BCUT2D eigenvalue weighted by molar-refractivity contribution is -0.126. The summed E-state index contributed by atoms with van der Waals surface area (Å²) in [6.45, 7) is 0. The summed E-state index contributed by atoms with van der Waals surface area (Å²) in [6, 6.07) is 21.6. The number of hydroxylamine groups is 1. The summed E-state index contributed by atoms with van der Waals surface area (Å²) >= 11 is 3.35. The van der Waals surface area contributed by atoms with Gasteiger partial charge in [0.1, 0.15) is 5.92 Å². The molecule has 2 saturated heterocycles. The highest BCUT2D eigenvalue weighted by atomic mass is 79.9. The molecule has 0 bridgehead atoms. The normalized spacial score (nSPS) is 22.3. The third-order valence-corrected chi connectivity index (χ3v) is 6.25. The smallest absolute Gasteiger partial charge is 0.336 e. The molecule has 0 unspecified atom stereocenters. The number of halogens is 1. The van der Waals surface area contributed by atoms with E-state index in [1.54, 1.807) is 54.6 Å². The van der Waals surface area contributed by atoms with Crippen molar-refractivity contribution in [1.82, 2.24) is 0 Å². The van der Waals surface area contributed by atoms with Gasteiger partial charge in [-0.05, 0) is 48.0 Å². The second-order valence-electron chi connectivity index (χ2n) is 7.54. The molecule has 7 nitrogen and oxygen atoms in total. The number of carboxylic acids is 1. The molecule has 32 heavy (non-hydrogen) atoms. The fraction of sp³-hybridized carbons (Fsp3) is 0.125. The number of hydrogen-bond donors (Lipinski definition) is 1. The number of hydrogen-bond acceptors (Lipinski definition) is 5. The zero-order valence-electron chi connectivity index (χ0n) is 16.6. The lowest BCUT2D eigenvalue weighted by Gasteiger charge is -2.29. The van der Waals surface area contributed by atoms with E-state index in [1.165, 1.54) is 11.1 Å². The Morgan fingerprint density at radius 2 is 1.50 bits per heavy atom. The Morgan fingerprint density at radius 1 is 0.844 bits per heavy atom. The minimum atomic E-state index is -1.11. The first kappa shape index (κ1) is 20.4. The third kappa shape index (κ3) is 3.19. The van der Waals surface area contributed by atoms with Crippen molar-refractivity contribution in [3.63, 3.8) is 0 Å². The minimum absolute atomic E-state index is 0.0602. The summed E-state index contributed by atoms with van der Waals surface area (Å²) in [4.78, 5) is 46.0. The average molecular weight is 493 g/mol. The Bertz CT molecular complexity index is 1210. The number of benzene rings is 3. The van der Waals surface area contributed by atoms with Crippen LogP contribution in [0.3, 0.4) is 0 Å². The highest BCUT2D eigenvalue weighted by Crippen LogP contribution is 2.48. The maximum atomic E-state index is 13.6. The molecule has 2 aliphatic rings. The highest BCUT2D eigenvalue weighted by molar-refractivity contribution is 9.10. The highest BCUT2D eigenvalue weighted by Gasteiger charge is 2.60. The molecule has 0 spiro atoms. The number of imide groups is 1. The van der Waals surface area contributed by atoms with Crippen LogP contribution in [0.2, 0.25) is 0 Å². The van der Waals surface area contributed by atoms with Crippen molar-refractivity contribution < 1.29 is 24.3 Å².